The van der Waals surface area contributed by atoms with Gasteiger partial charge in [-0.3, -0.25) is 0 Å². The summed E-state index contributed by atoms with van der Waals surface area (Å²) in [6.45, 7) is 2.00. The van der Waals surface area contributed by atoms with E-state index in [1.807, 2.05) is 25.1 Å². The molecule has 0 saturated carbocycles. The van der Waals surface area contributed by atoms with Crippen LogP contribution < -0.4 is 11.1 Å². The van der Waals surface area contributed by atoms with Crippen LogP contribution in [0.4, 0.5) is 17.2 Å². The van der Waals surface area contributed by atoms with Crippen molar-refractivity contribution in [2.24, 2.45) is 0 Å². The van der Waals surface area contributed by atoms with E-state index in [4.69, 9.17) is 5.73 Å². The molecule has 0 radical (unpaired) electrons. The number of pyridine rings is 1. The number of esters is 1. The van der Waals surface area contributed by atoms with E-state index in [1.165, 1.54) is 19.4 Å². The van der Waals surface area contributed by atoms with Crippen LogP contribution in [0.1, 0.15) is 15.9 Å². The van der Waals surface area contributed by atoms with Crippen LogP contribution in [-0.4, -0.2) is 18.1 Å². The maximum atomic E-state index is 11.6. The molecule has 0 aliphatic heterocycles. The zero-order valence-corrected chi connectivity index (χ0v) is 12.7. The number of nitrogens with zero attached hydrogens (tertiary/aromatic N) is 1. The summed E-state index contributed by atoms with van der Waals surface area (Å²) in [5.41, 5.74) is 8.44. The topological polar surface area (TPSA) is 77.2 Å². The summed E-state index contributed by atoms with van der Waals surface area (Å²) < 4.78 is 5.57. The number of aryl methyl sites for hydroxylation is 1. The number of anilines is 3. The van der Waals surface area contributed by atoms with Crippen molar-refractivity contribution in [2.45, 2.75) is 6.92 Å². The molecule has 20 heavy (non-hydrogen) atoms. The predicted molar refractivity (Wildman–Crippen MR) is 82.2 cm³/mol. The number of nitrogens with one attached hydrogen (secondary N) is 1. The molecule has 0 aliphatic rings. The Balaban J connectivity index is 2.37. The van der Waals surface area contributed by atoms with Gasteiger partial charge >= 0.3 is 5.97 Å². The highest BCUT2D eigenvalue weighted by Gasteiger charge is 2.14. The van der Waals surface area contributed by atoms with Crippen molar-refractivity contribution in [1.82, 2.24) is 4.98 Å². The van der Waals surface area contributed by atoms with Crippen LogP contribution in [0.3, 0.4) is 0 Å². The third kappa shape index (κ3) is 2.91. The SMILES string of the molecule is COC(=O)c1ccnc(Nc2ccc(C)cc2Br)c1N. The number of rotatable bonds is 3. The maximum absolute atomic E-state index is 11.6. The molecule has 1 heterocycles. The van der Waals surface area contributed by atoms with Gasteiger partial charge in [-0.1, -0.05) is 6.07 Å². The van der Waals surface area contributed by atoms with Crippen molar-refractivity contribution in [3.8, 4) is 0 Å². The number of nitrogens with two attached hydrogens (primary N) is 1. The van der Waals surface area contributed by atoms with Gasteiger partial charge in [0, 0.05) is 10.7 Å². The summed E-state index contributed by atoms with van der Waals surface area (Å²) in [6, 6.07) is 7.37. The summed E-state index contributed by atoms with van der Waals surface area (Å²) in [7, 11) is 1.31. The molecule has 0 amide bonds. The highest BCUT2D eigenvalue weighted by Crippen LogP contribution is 2.29. The van der Waals surface area contributed by atoms with Crippen LogP contribution in [0.25, 0.3) is 0 Å². The molecule has 0 spiro atoms. The molecule has 2 aromatic rings. The lowest BCUT2D eigenvalue weighted by Gasteiger charge is -2.12. The Labute approximate surface area is 125 Å². The number of hydrogen-bond donors (Lipinski definition) is 2. The van der Waals surface area contributed by atoms with E-state index in [9.17, 15) is 4.79 Å². The highest BCUT2D eigenvalue weighted by atomic mass is 79.9. The summed E-state index contributed by atoms with van der Waals surface area (Å²) in [6.07, 6.45) is 1.51. The molecule has 1 aromatic heterocycles. The lowest BCUT2D eigenvalue weighted by Crippen LogP contribution is -2.09. The van der Waals surface area contributed by atoms with Gasteiger partial charge in [0.2, 0.25) is 0 Å². The minimum absolute atomic E-state index is 0.256. The summed E-state index contributed by atoms with van der Waals surface area (Å²) in [5.74, 6) is -0.0756. The van der Waals surface area contributed by atoms with Gasteiger partial charge in [-0.15, -0.1) is 0 Å². The Kier molecular flexibility index (Phi) is 4.24. The first-order chi connectivity index (χ1) is 9.52. The van der Waals surface area contributed by atoms with E-state index in [0.29, 0.717) is 5.82 Å². The van der Waals surface area contributed by atoms with Gasteiger partial charge in [0.1, 0.15) is 0 Å². The van der Waals surface area contributed by atoms with Crippen LogP contribution in [-0.2, 0) is 4.74 Å². The third-order valence-corrected chi connectivity index (χ3v) is 3.43. The van der Waals surface area contributed by atoms with Crippen molar-refractivity contribution < 1.29 is 9.53 Å². The molecule has 6 heteroatoms. The molecule has 0 unspecified atom stereocenters. The number of methoxy groups -OCH3 is 1. The molecule has 3 N–H and O–H groups in total. The maximum Gasteiger partial charge on any atom is 0.340 e. The molecule has 0 bridgehead atoms. The number of benzene rings is 1. The molecular formula is C14H14BrN3O2. The lowest BCUT2D eigenvalue weighted by atomic mass is 10.2. The van der Waals surface area contributed by atoms with E-state index in [0.717, 1.165) is 15.7 Å². The largest absolute Gasteiger partial charge is 0.465 e. The molecule has 2 rings (SSSR count). The van der Waals surface area contributed by atoms with Crippen molar-refractivity contribution in [2.75, 3.05) is 18.2 Å². The number of carbonyl (C=O) groups excluding carboxylic acids is 1. The number of aromatic nitrogens is 1. The van der Waals surface area contributed by atoms with Gasteiger partial charge in [-0.25, -0.2) is 9.78 Å². The Morgan fingerprint density at radius 2 is 2.15 bits per heavy atom. The lowest BCUT2D eigenvalue weighted by molar-refractivity contribution is 0.0602. The molecule has 104 valence electrons. The highest BCUT2D eigenvalue weighted by molar-refractivity contribution is 9.10. The smallest absolute Gasteiger partial charge is 0.340 e. The van der Waals surface area contributed by atoms with Gasteiger partial charge in [-0.2, -0.15) is 0 Å². The number of halogens is 1. The molecule has 0 fully saturated rings. The van der Waals surface area contributed by atoms with Crippen molar-refractivity contribution >= 4 is 39.1 Å². The van der Waals surface area contributed by atoms with Crippen molar-refractivity contribution in [3.05, 3.63) is 46.1 Å². The molecule has 0 aliphatic carbocycles. The zero-order chi connectivity index (χ0) is 14.7. The normalized spacial score (nSPS) is 10.2. The Bertz CT molecular complexity index is 659. The van der Waals surface area contributed by atoms with Gasteiger partial charge < -0.3 is 15.8 Å². The first-order valence-electron chi connectivity index (χ1n) is 5.89. The second kappa shape index (κ2) is 5.92. The summed E-state index contributed by atoms with van der Waals surface area (Å²) in [5, 5.41) is 3.10. The van der Waals surface area contributed by atoms with Crippen molar-refractivity contribution in [3.63, 3.8) is 0 Å². The Morgan fingerprint density at radius 3 is 2.80 bits per heavy atom. The predicted octanol–water partition coefficient (Wildman–Crippen LogP) is 3.26. The molecule has 0 atom stereocenters. The minimum Gasteiger partial charge on any atom is -0.465 e. The first-order valence-corrected chi connectivity index (χ1v) is 6.68. The molecule has 5 nitrogen and oxygen atoms in total. The quantitative estimate of drug-likeness (QED) is 0.842. The first kappa shape index (κ1) is 14.3. The van der Waals surface area contributed by atoms with Crippen molar-refractivity contribution in [1.29, 1.82) is 0 Å². The van der Waals surface area contributed by atoms with Gasteiger partial charge in [0.15, 0.2) is 5.82 Å². The number of ether oxygens (including phenoxy) is 1. The fourth-order valence-corrected chi connectivity index (χ4v) is 2.30. The monoisotopic (exact) mass is 335 g/mol. The van der Waals surface area contributed by atoms with Crippen LogP contribution in [0.15, 0.2) is 34.9 Å². The van der Waals surface area contributed by atoms with Gasteiger partial charge in [-0.05, 0) is 46.6 Å². The molecule has 1 aromatic carbocycles. The van der Waals surface area contributed by atoms with Gasteiger partial charge in [0.05, 0.1) is 24.0 Å². The van der Waals surface area contributed by atoms with Crippen LogP contribution >= 0.6 is 15.9 Å². The van der Waals surface area contributed by atoms with E-state index >= 15 is 0 Å². The van der Waals surface area contributed by atoms with E-state index in [-0.39, 0.29) is 11.3 Å². The second-order valence-corrected chi connectivity index (χ2v) is 5.08. The van der Waals surface area contributed by atoms with Crippen LogP contribution in [0.2, 0.25) is 0 Å². The van der Waals surface area contributed by atoms with Gasteiger partial charge in [0.25, 0.3) is 0 Å². The average Bonchev–Trinajstić information content (AvgIpc) is 2.43. The van der Waals surface area contributed by atoms with E-state index in [1.54, 1.807) is 0 Å². The van der Waals surface area contributed by atoms with Crippen LogP contribution in [0.5, 0.6) is 0 Å². The standard InChI is InChI=1S/C14H14BrN3O2/c1-8-3-4-11(10(15)7-8)18-13-12(16)9(5-6-17-13)14(19)20-2/h3-7H,16H2,1-2H3,(H,17,18). The third-order valence-electron chi connectivity index (χ3n) is 2.77. The molecule has 0 saturated heterocycles. The summed E-state index contributed by atoms with van der Waals surface area (Å²) in [4.78, 5) is 15.7. The summed E-state index contributed by atoms with van der Waals surface area (Å²) >= 11 is 3.47. The fourth-order valence-electron chi connectivity index (χ4n) is 1.71. The number of carbonyl (C=O) groups is 1. The minimum atomic E-state index is -0.490. The van der Waals surface area contributed by atoms with E-state index in [2.05, 4.69) is 31.0 Å². The number of hydrogen-bond acceptors (Lipinski definition) is 5. The van der Waals surface area contributed by atoms with Crippen LogP contribution in [0, 0.1) is 6.92 Å². The Morgan fingerprint density at radius 1 is 1.40 bits per heavy atom. The van der Waals surface area contributed by atoms with E-state index < -0.39 is 5.97 Å². The molecular weight excluding hydrogens is 322 g/mol. The second-order valence-electron chi connectivity index (χ2n) is 4.22. The fraction of sp³-hybridized carbons (Fsp3) is 0.143. The average molecular weight is 336 g/mol. The number of nitrogen functional groups attached to an aromatic ring is 1. The Hall–Kier alpha value is -2.08. The zero-order valence-electron chi connectivity index (χ0n) is 11.1.